The maximum absolute atomic E-state index is 11.9. The van der Waals surface area contributed by atoms with E-state index in [2.05, 4.69) is 10.1 Å². The Morgan fingerprint density at radius 2 is 1.90 bits per heavy atom. The molecule has 0 spiro atoms. The number of rotatable bonds is 3. The molecule has 0 radical (unpaired) electrons. The molecular weight excluding hydrogens is 349 g/mol. The van der Waals surface area contributed by atoms with Crippen LogP contribution in [-0.4, -0.2) is 22.6 Å². The Morgan fingerprint density at radius 3 is 2.40 bits per heavy atom. The van der Waals surface area contributed by atoms with Gasteiger partial charge in [-0.1, -0.05) is 0 Å². The lowest BCUT2D eigenvalue weighted by molar-refractivity contribution is 0.0527. The highest BCUT2D eigenvalue weighted by Crippen LogP contribution is 2.34. The number of esters is 1. The number of carbonyl (C=O) groups excluding carboxylic acids is 2. The number of ether oxygens (including phenoxy) is 2. The molecule has 5 nitrogen and oxygen atoms in total. The molecule has 1 aromatic heterocycles. The van der Waals surface area contributed by atoms with E-state index in [0.29, 0.717) is 0 Å². The Hall–Kier alpha value is -0.690. The fourth-order valence-corrected chi connectivity index (χ4v) is 2.63. The third kappa shape index (κ3) is 4.70. The molecule has 0 saturated carbocycles. The summed E-state index contributed by atoms with van der Waals surface area (Å²) in [7, 11) is 0. The average molecular weight is 361 g/mol. The summed E-state index contributed by atoms with van der Waals surface area (Å²) in [5.74, 6) is -0.529. The van der Waals surface area contributed by atoms with E-state index >= 15 is 0 Å². The molecule has 0 unspecified atom stereocenters. The number of nitrogens with one attached hydrogen (secondary N) is 1. The fraction of sp³-hybridized carbons (Fsp3) is 0.455. The highest BCUT2D eigenvalue weighted by molar-refractivity contribution is 7.16. The minimum atomic E-state index is -2.17. The summed E-state index contributed by atoms with van der Waals surface area (Å²) < 4.78 is 7.26. The van der Waals surface area contributed by atoms with Crippen molar-refractivity contribution < 1.29 is 19.1 Å². The molecule has 1 amide bonds. The van der Waals surface area contributed by atoms with Gasteiger partial charge in [-0.25, -0.2) is 9.59 Å². The Labute approximate surface area is 135 Å². The third-order valence-corrected chi connectivity index (χ3v) is 3.64. The monoisotopic (exact) mass is 359 g/mol. The number of carbonyl (C=O) groups is 2. The number of alkyl halides is 3. The molecule has 20 heavy (non-hydrogen) atoms. The maximum atomic E-state index is 11.9. The number of amides is 1. The first-order chi connectivity index (χ1) is 9.15. The van der Waals surface area contributed by atoms with Gasteiger partial charge in [0.1, 0.15) is 5.00 Å². The van der Waals surface area contributed by atoms with E-state index in [-0.39, 0.29) is 17.2 Å². The van der Waals surface area contributed by atoms with Gasteiger partial charge in [-0.3, -0.25) is 5.32 Å². The van der Waals surface area contributed by atoms with E-state index in [1.54, 1.807) is 13.8 Å². The molecule has 0 aromatic carbocycles. The van der Waals surface area contributed by atoms with Crippen molar-refractivity contribution in [2.45, 2.75) is 24.7 Å². The van der Waals surface area contributed by atoms with Crippen molar-refractivity contribution in [3.8, 4) is 0 Å². The lowest BCUT2D eigenvalue weighted by Gasteiger charge is -2.12. The van der Waals surface area contributed by atoms with Crippen LogP contribution in [-0.2, 0) is 9.47 Å². The van der Waals surface area contributed by atoms with Gasteiger partial charge in [-0.15, -0.1) is 11.3 Å². The maximum Gasteiger partial charge on any atom is 0.415 e. The van der Waals surface area contributed by atoms with Crippen LogP contribution in [0.5, 0.6) is 0 Å². The molecule has 0 aliphatic heterocycles. The zero-order chi connectivity index (χ0) is 15.5. The quantitative estimate of drug-likeness (QED) is 0.640. The van der Waals surface area contributed by atoms with Crippen LogP contribution in [0.25, 0.3) is 0 Å². The first kappa shape index (κ1) is 17.4. The topological polar surface area (TPSA) is 64.6 Å². The van der Waals surface area contributed by atoms with Gasteiger partial charge in [0.05, 0.1) is 12.2 Å². The van der Waals surface area contributed by atoms with Crippen molar-refractivity contribution in [2.75, 3.05) is 11.9 Å². The van der Waals surface area contributed by atoms with Gasteiger partial charge >= 0.3 is 16.0 Å². The Bertz CT molecular complexity index is 524. The van der Waals surface area contributed by atoms with Crippen molar-refractivity contribution in [3.05, 3.63) is 16.0 Å². The van der Waals surface area contributed by atoms with E-state index in [1.807, 2.05) is 6.92 Å². The highest BCUT2D eigenvalue weighted by atomic mass is 35.6. The van der Waals surface area contributed by atoms with E-state index in [1.165, 1.54) is 11.3 Å². The molecular formula is C11H12Cl3NO4S. The summed E-state index contributed by atoms with van der Waals surface area (Å²) in [5.41, 5.74) is 0.994. The second-order valence-corrected chi connectivity index (χ2v) is 7.07. The number of thiophene rings is 1. The largest absolute Gasteiger partial charge is 0.462 e. The lowest BCUT2D eigenvalue weighted by Crippen LogP contribution is -2.22. The molecule has 0 atom stereocenters. The fourth-order valence-electron chi connectivity index (χ4n) is 1.39. The summed E-state index contributed by atoms with van der Waals surface area (Å²) in [4.78, 5) is 24.3. The zero-order valence-corrected chi connectivity index (χ0v) is 14.0. The predicted octanol–water partition coefficient (Wildman–Crippen LogP) is 4.42. The summed E-state index contributed by atoms with van der Waals surface area (Å²) in [6.45, 7) is 5.49. The first-order valence-corrected chi connectivity index (χ1v) is 7.44. The second-order valence-electron chi connectivity index (χ2n) is 3.67. The van der Waals surface area contributed by atoms with Crippen molar-refractivity contribution in [1.82, 2.24) is 0 Å². The Morgan fingerprint density at radius 1 is 1.30 bits per heavy atom. The Balaban J connectivity index is 2.98. The van der Waals surface area contributed by atoms with Crippen molar-refractivity contribution in [3.63, 3.8) is 0 Å². The van der Waals surface area contributed by atoms with Crippen LogP contribution < -0.4 is 5.32 Å². The van der Waals surface area contributed by atoms with Gasteiger partial charge in [0.15, 0.2) is 0 Å². The van der Waals surface area contributed by atoms with Crippen LogP contribution in [0, 0.1) is 13.8 Å². The van der Waals surface area contributed by atoms with E-state index in [9.17, 15) is 9.59 Å². The molecule has 9 heteroatoms. The normalized spacial score (nSPS) is 11.1. The summed E-state index contributed by atoms with van der Waals surface area (Å²) in [5, 5.41) is 2.66. The number of halogens is 3. The van der Waals surface area contributed by atoms with Gasteiger partial charge in [0.2, 0.25) is 0 Å². The molecule has 0 saturated heterocycles. The number of anilines is 1. The van der Waals surface area contributed by atoms with Crippen LogP contribution in [0.3, 0.4) is 0 Å². The van der Waals surface area contributed by atoms with Crippen molar-refractivity contribution >= 4 is 63.2 Å². The summed E-state index contributed by atoms with van der Waals surface area (Å²) >= 11 is 17.2. The average Bonchev–Trinajstić information content (AvgIpc) is 2.51. The molecule has 0 bridgehead atoms. The van der Waals surface area contributed by atoms with Gasteiger partial charge in [-0.05, 0) is 61.1 Å². The number of hydrogen-bond acceptors (Lipinski definition) is 5. The molecule has 0 fully saturated rings. The van der Waals surface area contributed by atoms with E-state index < -0.39 is 16.0 Å². The lowest BCUT2D eigenvalue weighted by atomic mass is 10.1. The molecule has 0 aliphatic carbocycles. The Kier molecular flexibility index (Phi) is 5.94. The minimum Gasteiger partial charge on any atom is -0.462 e. The van der Waals surface area contributed by atoms with Gasteiger partial charge in [0.25, 0.3) is 0 Å². The molecule has 0 aliphatic rings. The molecule has 1 heterocycles. The van der Waals surface area contributed by atoms with Crippen LogP contribution in [0.1, 0.15) is 27.7 Å². The summed E-state index contributed by atoms with van der Waals surface area (Å²) in [6, 6.07) is 0. The van der Waals surface area contributed by atoms with Crippen molar-refractivity contribution in [2.24, 2.45) is 0 Å². The number of aryl methyl sites for hydroxylation is 1. The van der Waals surface area contributed by atoms with Crippen LogP contribution in [0.15, 0.2) is 0 Å². The van der Waals surface area contributed by atoms with E-state index in [0.717, 1.165) is 10.4 Å². The van der Waals surface area contributed by atoms with Gasteiger partial charge in [0, 0.05) is 4.88 Å². The SMILES string of the molecule is CCOC(=O)c1c(NC(=O)OC(Cl)(Cl)Cl)sc(C)c1C. The smallest absolute Gasteiger partial charge is 0.415 e. The summed E-state index contributed by atoms with van der Waals surface area (Å²) in [6.07, 6.45) is -0.975. The standard InChI is InChI=1S/C11H12Cl3NO4S/c1-4-18-9(16)7-5(2)6(3)20-8(7)15-10(17)19-11(12,13)14/h4H2,1-3H3,(H,15,17). The van der Waals surface area contributed by atoms with Crippen LogP contribution in [0.4, 0.5) is 9.80 Å². The molecule has 1 N–H and O–H groups in total. The second kappa shape index (κ2) is 6.85. The third-order valence-electron chi connectivity index (χ3n) is 2.29. The zero-order valence-electron chi connectivity index (χ0n) is 10.9. The molecule has 1 rings (SSSR count). The van der Waals surface area contributed by atoms with Crippen LogP contribution in [0.2, 0.25) is 0 Å². The number of hydrogen-bond donors (Lipinski definition) is 1. The van der Waals surface area contributed by atoms with Gasteiger partial charge < -0.3 is 9.47 Å². The van der Waals surface area contributed by atoms with E-state index in [4.69, 9.17) is 39.5 Å². The van der Waals surface area contributed by atoms with Gasteiger partial charge in [-0.2, -0.15) is 0 Å². The van der Waals surface area contributed by atoms with Crippen molar-refractivity contribution in [1.29, 1.82) is 0 Å². The molecule has 112 valence electrons. The minimum absolute atomic E-state index is 0.227. The first-order valence-electron chi connectivity index (χ1n) is 5.49. The highest BCUT2D eigenvalue weighted by Gasteiger charge is 2.28. The molecule has 1 aromatic rings. The van der Waals surface area contributed by atoms with Crippen LogP contribution >= 0.6 is 46.1 Å². The predicted molar refractivity (Wildman–Crippen MR) is 80.1 cm³/mol.